The number of benzene rings is 3. The van der Waals surface area contributed by atoms with E-state index in [0.717, 1.165) is 0 Å². The number of piperazine rings is 1. The van der Waals surface area contributed by atoms with E-state index >= 15 is 0 Å². The van der Waals surface area contributed by atoms with Crippen molar-refractivity contribution in [3.8, 4) is 11.5 Å². The summed E-state index contributed by atoms with van der Waals surface area (Å²) >= 11 is 0. The Morgan fingerprint density at radius 1 is 0.824 bits per heavy atom. The van der Waals surface area contributed by atoms with Crippen LogP contribution in [-0.2, 0) is 14.8 Å². The molecule has 4 rings (SSSR count). The first-order valence-electron chi connectivity index (χ1n) is 10.8. The Labute approximate surface area is 198 Å². The highest BCUT2D eigenvalue weighted by Crippen LogP contribution is 2.24. The van der Waals surface area contributed by atoms with Crippen LogP contribution in [0.1, 0.15) is 17.3 Å². The van der Waals surface area contributed by atoms with Crippen molar-refractivity contribution < 1.29 is 22.7 Å². The minimum atomic E-state index is -3.70. The van der Waals surface area contributed by atoms with Gasteiger partial charge in [0.1, 0.15) is 11.5 Å². The second kappa shape index (κ2) is 10.1. The van der Waals surface area contributed by atoms with Crippen molar-refractivity contribution in [2.45, 2.75) is 11.8 Å². The van der Waals surface area contributed by atoms with Crippen LogP contribution in [0.3, 0.4) is 0 Å². The van der Waals surface area contributed by atoms with E-state index in [1.807, 2.05) is 30.3 Å². The summed E-state index contributed by atoms with van der Waals surface area (Å²) in [5.74, 6) is 0.834. The van der Waals surface area contributed by atoms with E-state index in [4.69, 9.17) is 4.74 Å². The summed E-state index contributed by atoms with van der Waals surface area (Å²) in [4.78, 5) is 25.9. The van der Waals surface area contributed by atoms with Crippen LogP contribution in [0, 0.1) is 0 Å². The maximum atomic E-state index is 12.9. The lowest BCUT2D eigenvalue weighted by molar-refractivity contribution is -0.129. The molecule has 3 aromatic carbocycles. The van der Waals surface area contributed by atoms with Gasteiger partial charge in [-0.15, -0.1) is 0 Å². The van der Waals surface area contributed by atoms with E-state index in [2.05, 4.69) is 5.32 Å². The quantitative estimate of drug-likeness (QED) is 0.583. The number of hydrogen-bond donors (Lipinski definition) is 1. The number of para-hydroxylation sites is 1. The van der Waals surface area contributed by atoms with Gasteiger partial charge in [0.2, 0.25) is 15.9 Å². The monoisotopic (exact) mass is 479 g/mol. The average molecular weight is 480 g/mol. The lowest BCUT2D eigenvalue weighted by Gasteiger charge is -2.33. The molecule has 1 heterocycles. The van der Waals surface area contributed by atoms with Crippen LogP contribution in [-0.4, -0.2) is 55.6 Å². The van der Waals surface area contributed by atoms with Crippen molar-refractivity contribution in [2.75, 3.05) is 31.5 Å². The Kier molecular flexibility index (Phi) is 6.95. The highest BCUT2D eigenvalue weighted by Gasteiger charge is 2.29. The summed E-state index contributed by atoms with van der Waals surface area (Å²) in [6.07, 6.45) is 0. The zero-order chi connectivity index (χ0) is 24.1. The molecule has 1 aliphatic rings. The SMILES string of the molecule is CC(=O)N1CCN(S(=O)(=O)c2ccc(C(=O)Nc3cccc(Oc4ccccc4)c3)cc2)CC1. The van der Waals surface area contributed by atoms with E-state index in [9.17, 15) is 18.0 Å². The Morgan fingerprint density at radius 3 is 2.12 bits per heavy atom. The maximum absolute atomic E-state index is 12.9. The fraction of sp³-hybridized carbons (Fsp3) is 0.200. The minimum Gasteiger partial charge on any atom is -0.457 e. The average Bonchev–Trinajstić information content (AvgIpc) is 2.85. The van der Waals surface area contributed by atoms with Gasteiger partial charge in [-0.05, 0) is 48.5 Å². The number of sulfonamides is 1. The van der Waals surface area contributed by atoms with E-state index in [1.54, 1.807) is 29.2 Å². The van der Waals surface area contributed by atoms with Crippen LogP contribution in [0.15, 0.2) is 83.8 Å². The third kappa shape index (κ3) is 5.44. The zero-order valence-electron chi connectivity index (χ0n) is 18.7. The highest BCUT2D eigenvalue weighted by atomic mass is 32.2. The number of carbonyl (C=O) groups is 2. The number of nitrogens with zero attached hydrogens (tertiary/aromatic N) is 2. The summed E-state index contributed by atoms with van der Waals surface area (Å²) < 4.78 is 33.0. The number of nitrogens with one attached hydrogen (secondary N) is 1. The fourth-order valence-electron chi connectivity index (χ4n) is 3.64. The third-order valence-corrected chi connectivity index (χ3v) is 7.42. The van der Waals surface area contributed by atoms with E-state index in [0.29, 0.717) is 35.8 Å². The van der Waals surface area contributed by atoms with Gasteiger partial charge in [0.25, 0.3) is 5.91 Å². The molecular formula is C25H25N3O5S. The van der Waals surface area contributed by atoms with Gasteiger partial charge in [-0.1, -0.05) is 24.3 Å². The molecule has 8 nitrogen and oxygen atoms in total. The van der Waals surface area contributed by atoms with Crippen LogP contribution in [0.5, 0.6) is 11.5 Å². The summed E-state index contributed by atoms with van der Waals surface area (Å²) in [5, 5.41) is 2.81. The largest absolute Gasteiger partial charge is 0.457 e. The summed E-state index contributed by atoms with van der Waals surface area (Å²) in [5.41, 5.74) is 0.883. The highest BCUT2D eigenvalue weighted by molar-refractivity contribution is 7.89. The predicted molar refractivity (Wildman–Crippen MR) is 128 cm³/mol. The number of amides is 2. The van der Waals surface area contributed by atoms with Gasteiger partial charge in [0.15, 0.2) is 0 Å². The lowest BCUT2D eigenvalue weighted by Crippen LogP contribution is -2.49. The van der Waals surface area contributed by atoms with Gasteiger partial charge in [-0.2, -0.15) is 4.31 Å². The molecule has 34 heavy (non-hydrogen) atoms. The Morgan fingerprint density at radius 2 is 1.47 bits per heavy atom. The number of anilines is 1. The van der Waals surface area contributed by atoms with E-state index in [-0.39, 0.29) is 29.8 Å². The van der Waals surface area contributed by atoms with Crippen molar-refractivity contribution in [3.05, 3.63) is 84.4 Å². The van der Waals surface area contributed by atoms with Gasteiger partial charge < -0.3 is 15.0 Å². The van der Waals surface area contributed by atoms with E-state index < -0.39 is 10.0 Å². The maximum Gasteiger partial charge on any atom is 0.255 e. The van der Waals surface area contributed by atoms with Crippen LogP contribution < -0.4 is 10.1 Å². The smallest absolute Gasteiger partial charge is 0.255 e. The van der Waals surface area contributed by atoms with Crippen LogP contribution in [0.4, 0.5) is 5.69 Å². The number of carbonyl (C=O) groups excluding carboxylic acids is 2. The van der Waals surface area contributed by atoms with Gasteiger partial charge in [-0.3, -0.25) is 9.59 Å². The molecule has 0 atom stereocenters. The molecule has 1 aliphatic heterocycles. The molecule has 1 saturated heterocycles. The van der Waals surface area contributed by atoms with Gasteiger partial charge >= 0.3 is 0 Å². The van der Waals surface area contributed by atoms with Crippen LogP contribution in [0.2, 0.25) is 0 Å². The Balaban J connectivity index is 1.41. The molecule has 0 saturated carbocycles. The Bertz CT molecular complexity index is 1270. The molecule has 0 spiro atoms. The molecule has 0 bridgehead atoms. The topological polar surface area (TPSA) is 96.0 Å². The third-order valence-electron chi connectivity index (χ3n) is 5.51. The molecule has 0 aromatic heterocycles. The van der Waals surface area contributed by atoms with Crippen molar-refractivity contribution >= 4 is 27.5 Å². The predicted octanol–water partition coefficient (Wildman–Crippen LogP) is 3.58. The first-order valence-corrected chi connectivity index (χ1v) is 12.3. The van der Waals surface area contributed by atoms with Crippen LogP contribution in [0.25, 0.3) is 0 Å². The van der Waals surface area contributed by atoms with Gasteiger partial charge in [-0.25, -0.2) is 8.42 Å². The molecule has 9 heteroatoms. The normalized spacial score (nSPS) is 14.4. The molecule has 1 fully saturated rings. The summed E-state index contributed by atoms with van der Waals surface area (Å²) in [6, 6.07) is 22.2. The first-order chi connectivity index (χ1) is 16.3. The van der Waals surface area contributed by atoms with Crippen molar-refractivity contribution in [2.24, 2.45) is 0 Å². The van der Waals surface area contributed by atoms with Crippen molar-refractivity contribution in [1.29, 1.82) is 0 Å². The molecule has 1 N–H and O–H groups in total. The minimum absolute atomic E-state index is 0.0652. The number of hydrogen-bond acceptors (Lipinski definition) is 5. The number of rotatable bonds is 6. The zero-order valence-corrected chi connectivity index (χ0v) is 19.5. The van der Waals surface area contributed by atoms with E-state index in [1.165, 1.54) is 35.5 Å². The molecule has 0 unspecified atom stereocenters. The summed E-state index contributed by atoms with van der Waals surface area (Å²) in [6.45, 7) is 2.68. The van der Waals surface area contributed by atoms with Crippen molar-refractivity contribution in [3.63, 3.8) is 0 Å². The van der Waals surface area contributed by atoms with Gasteiger partial charge in [0.05, 0.1) is 4.90 Å². The standard InChI is InChI=1S/C25H25N3O5S/c1-19(29)27-14-16-28(17-15-27)34(31,32)24-12-10-20(11-13-24)25(30)26-21-6-5-9-23(18-21)33-22-7-3-2-4-8-22/h2-13,18H,14-17H2,1H3,(H,26,30). The summed E-state index contributed by atoms with van der Waals surface area (Å²) in [7, 11) is -3.70. The lowest BCUT2D eigenvalue weighted by atomic mass is 10.2. The van der Waals surface area contributed by atoms with Crippen molar-refractivity contribution in [1.82, 2.24) is 9.21 Å². The van der Waals surface area contributed by atoms with Gasteiger partial charge in [0, 0.05) is 50.4 Å². The molecule has 176 valence electrons. The second-order valence-electron chi connectivity index (χ2n) is 7.83. The van der Waals surface area contributed by atoms with Crippen LogP contribution >= 0.6 is 0 Å². The fourth-order valence-corrected chi connectivity index (χ4v) is 5.06. The number of ether oxygens (including phenoxy) is 1. The second-order valence-corrected chi connectivity index (χ2v) is 9.77. The molecule has 3 aromatic rings. The first kappa shape index (κ1) is 23.5. The molecule has 0 aliphatic carbocycles. The molecule has 0 radical (unpaired) electrons. The molecular weight excluding hydrogens is 454 g/mol. The Hall–Kier alpha value is -3.69. The molecule has 2 amide bonds.